The lowest BCUT2D eigenvalue weighted by molar-refractivity contribution is -0.140. The molecule has 0 aromatic carbocycles. The second-order valence-corrected chi connectivity index (χ2v) is 3.25. The van der Waals surface area contributed by atoms with Crippen LogP contribution in [0.25, 0.3) is 0 Å². The highest BCUT2D eigenvalue weighted by Crippen LogP contribution is 2.26. The summed E-state index contributed by atoms with van der Waals surface area (Å²) in [6, 6.07) is -0.813. The van der Waals surface area contributed by atoms with Gasteiger partial charge in [-0.2, -0.15) is 0 Å². The minimum Gasteiger partial charge on any atom is -0.480 e. The predicted molar refractivity (Wildman–Crippen MR) is 48.3 cm³/mol. The first-order valence-electron chi connectivity index (χ1n) is 4.37. The van der Waals surface area contributed by atoms with E-state index in [2.05, 4.69) is 6.58 Å². The van der Waals surface area contributed by atoms with E-state index in [0.29, 0.717) is 13.0 Å². The van der Waals surface area contributed by atoms with Crippen LogP contribution in [-0.2, 0) is 9.53 Å². The molecule has 1 aliphatic heterocycles. The van der Waals surface area contributed by atoms with Gasteiger partial charge in [-0.3, -0.25) is 4.79 Å². The Morgan fingerprint density at radius 1 is 1.85 bits per heavy atom. The predicted octanol–water partition coefficient (Wildman–Crippen LogP) is 0.379. The monoisotopic (exact) mass is 185 g/mol. The molecule has 0 bridgehead atoms. The van der Waals surface area contributed by atoms with Crippen LogP contribution >= 0.6 is 0 Å². The molecule has 0 aromatic rings. The molecule has 0 radical (unpaired) electrons. The zero-order valence-electron chi connectivity index (χ0n) is 7.48. The summed E-state index contributed by atoms with van der Waals surface area (Å²) in [5.74, 6) is -1.03. The van der Waals surface area contributed by atoms with Crippen molar-refractivity contribution in [2.24, 2.45) is 11.7 Å². The molecule has 0 spiro atoms. The highest BCUT2D eigenvalue weighted by Gasteiger charge is 2.35. The molecule has 1 fully saturated rings. The summed E-state index contributed by atoms with van der Waals surface area (Å²) < 4.78 is 5.36. The first kappa shape index (κ1) is 10.2. The Hall–Kier alpha value is -0.870. The topological polar surface area (TPSA) is 72.5 Å². The van der Waals surface area contributed by atoms with Gasteiger partial charge in [0.25, 0.3) is 0 Å². The third-order valence-electron chi connectivity index (χ3n) is 2.41. The van der Waals surface area contributed by atoms with E-state index in [1.54, 1.807) is 6.08 Å². The molecule has 1 unspecified atom stereocenters. The van der Waals surface area contributed by atoms with Gasteiger partial charge in [-0.05, 0) is 12.8 Å². The first-order chi connectivity index (χ1) is 6.16. The average Bonchev–Trinajstić information content (AvgIpc) is 2.52. The van der Waals surface area contributed by atoms with Crippen LogP contribution in [0.1, 0.15) is 12.8 Å². The van der Waals surface area contributed by atoms with Crippen LogP contribution in [-0.4, -0.2) is 29.8 Å². The second kappa shape index (κ2) is 4.39. The summed E-state index contributed by atoms with van der Waals surface area (Å²) in [6.45, 7) is 4.20. The molecule has 3 atom stereocenters. The first-order valence-corrected chi connectivity index (χ1v) is 4.37. The van der Waals surface area contributed by atoms with Gasteiger partial charge in [0.15, 0.2) is 0 Å². The molecular weight excluding hydrogens is 170 g/mol. The van der Waals surface area contributed by atoms with Crippen molar-refractivity contribution < 1.29 is 14.6 Å². The van der Waals surface area contributed by atoms with E-state index in [9.17, 15) is 4.79 Å². The van der Waals surface area contributed by atoms with Crippen molar-refractivity contribution in [2.75, 3.05) is 6.61 Å². The highest BCUT2D eigenvalue weighted by molar-refractivity contribution is 5.73. The van der Waals surface area contributed by atoms with Crippen molar-refractivity contribution >= 4 is 5.97 Å². The van der Waals surface area contributed by atoms with Crippen LogP contribution in [0.5, 0.6) is 0 Å². The molecule has 74 valence electrons. The largest absolute Gasteiger partial charge is 0.480 e. The van der Waals surface area contributed by atoms with Crippen molar-refractivity contribution in [2.45, 2.75) is 25.0 Å². The SMILES string of the molecule is C=CC[C@@H]1OCCC1[C@H](N)C(=O)O. The quantitative estimate of drug-likeness (QED) is 0.621. The Balaban J connectivity index is 2.56. The summed E-state index contributed by atoms with van der Waals surface area (Å²) in [5.41, 5.74) is 5.53. The summed E-state index contributed by atoms with van der Waals surface area (Å²) in [5, 5.41) is 8.72. The maximum atomic E-state index is 10.6. The molecule has 1 aliphatic rings. The molecule has 3 N–H and O–H groups in total. The van der Waals surface area contributed by atoms with Gasteiger partial charge < -0.3 is 15.6 Å². The van der Waals surface area contributed by atoms with Crippen molar-refractivity contribution in [1.82, 2.24) is 0 Å². The maximum Gasteiger partial charge on any atom is 0.320 e. The van der Waals surface area contributed by atoms with E-state index >= 15 is 0 Å². The lowest BCUT2D eigenvalue weighted by Gasteiger charge is -2.20. The van der Waals surface area contributed by atoms with E-state index in [1.807, 2.05) is 0 Å². The molecule has 1 heterocycles. The number of hydrogen-bond acceptors (Lipinski definition) is 3. The van der Waals surface area contributed by atoms with Gasteiger partial charge in [-0.15, -0.1) is 6.58 Å². The normalized spacial score (nSPS) is 29.9. The van der Waals surface area contributed by atoms with Crippen LogP contribution in [0.3, 0.4) is 0 Å². The minimum atomic E-state index is -0.954. The molecule has 0 saturated carbocycles. The fourth-order valence-electron chi connectivity index (χ4n) is 1.67. The van der Waals surface area contributed by atoms with Gasteiger partial charge in [0, 0.05) is 12.5 Å². The van der Waals surface area contributed by atoms with Gasteiger partial charge >= 0.3 is 5.97 Å². The Bertz CT molecular complexity index is 205. The van der Waals surface area contributed by atoms with Crippen LogP contribution < -0.4 is 5.73 Å². The van der Waals surface area contributed by atoms with Gasteiger partial charge in [0.05, 0.1) is 6.10 Å². The van der Waals surface area contributed by atoms with Crippen molar-refractivity contribution in [3.05, 3.63) is 12.7 Å². The Kier molecular flexibility index (Phi) is 3.45. The molecule has 0 aromatic heterocycles. The van der Waals surface area contributed by atoms with Gasteiger partial charge in [0.1, 0.15) is 6.04 Å². The lowest BCUT2D eigenvalue weighted by atomic mass is 9.91. The second-order valence-electron chi connectivity index (χ2n) is 3.25. The summed E-state index contributed by atoms with van der Waals surface area (Å²) in [4.78, 5) is 10.6. The third-order valence-corrected chi connectivity index (χ3v) is 2.41. The number of carbonyl (C=O) groups is 1. The third kappa shape index (κ3) is 2.29. The van der Waals surface area contributed by atoms with Crippen LogP contribution in [0, 0.1) is 5.92 Å². The number of nitrogens with two attached hydrogens (primary N) is 1. The lowest BCUT2D eigenvalue weighted by Crippen LogP contribution is -2.41. The van der Waals surface area contributed by atoms with E-state index in [-0.39, 0.29) is 12.0 Å². The number of ether oxygens (including phenoxy) is 1. The van der Waals surface area contributed by atoms with E-state index < -0.39 is 12.0 Å². The standard InChI is InChI=1S/C9H15NO3/c1-2-3-7-6(4-5-13-7)8(10)9(11)12/h2,6-8H,1,3-5,10H2,(H,11,12)/t6?,7-,8-/m0/s1. The number of carboxylic acid groups (broad SMARTS) is 1. The fourth-order valence-corrected chi connectivity index (χ4v) is 1.67. The molecule has 1 rings (SSSR count). The molecule has 1 saturated heterocycles. The Labute approximate surface area is 77.4 Å². The number of rotatable bonds is 4. The molecule has 0 aliphatic carbocycles. The Morgan fingerprint density at radius 2 is 2.54 bits per heavy atom. The highest BCUT2D eigenvalue weighted by atomic mass is 16.5. The average molecular weight is 185 g/mol. The van der Waals surface area contributed by atoms with Crippen molar-refractivity contribution in [1.29, 1.82) is 0 Å². The zero-order valence-corrected chi connectivity index (χ0v) is 7.48. The van der Waals surface area contributed by atoms with E-state index in [1.165, 1.54) is 0 Å². The summed E-state index contributed by atoms with van der Waals surface area (Å²) in [7, 11) is 0. The van der Waals surface area contributed by atoms with Crippen LogP contribution in [0.2, 0.25) is 0 Å². The summed E-state index contributed by atoms with van der Waals surface area (Å²) >= 11 is 0. The number of hydrogen-bond donors (Lipinski definition) is 2. The zero-order chi connectivity index (χ0) is 9.84. The molecule has 0 amide bonds. The van der Waals surface area contributed by atoms with Gasteiger partial charge in [-0.1, -0.05) is 6.08 Å². The Morgan fingerprint density at radius 3 is 3.08 bits per heavy atom. The molecule has 4 heteroatoms. The number of aliphatic carboxylic acids is 1. The molecule has 4 nitrogen and oxygen atoms in total. The summed E-state index contributed by atoms with van der Waals surface area (Å²) in [6.07, 6.45) is 3.07. The van der Waals surface area contributed by atoms with E-state index in [4.69, 9.17) is 15.6 Å². The van der Waals surface area contributed by atoms with Gasteiger partial charge in [0.2, 0.25) is 0 Å². The van der Waals surface area contributed by atoms with Crippen molar-refractivity contribution in [3.63, 3.8) is 0 Å². The molecule has 13 heavy (non-hydrogen) atoms. The smallest absolute Gasteiger partial charge is 0.320 e. The minimum absolute atomic E-state index is 0.0661. The van der Waals surface area contributed by atoms with Crippen LogP contribution in [0.15, 0.2) is 12.7 Å². The maximum absolute atomic E-state index is 10.6. The van der Waals surface area contributed by atoms with Gasteiger partial charge in [-0.25, -0.2) is 0 Å². The van der Waals surface area contributed by atoms with Crippen LogP contribution in [0.4, 0.5) is 0 Å². The molecular formula is C9H15NO3. The van der Waals surface area contributed by atoms with Crippen molar-refractivity contribution in [3.8, 4) is 0 Å². The fraction of sp³-hybridized carbons (Fsp3) is 0.667. The number of carboxylic acids is 1. The van der Waals surface area contributed by atoms with E-state index in [0.717, 1.165) is 6.42 Å².